The summed E-state index contributed by atoms with van der Waals surface area (Å²) >= 11 is 0. The van der Waals surface area contributed by atoms with Crippen molar-refractivity contribution in [3.8, 4) is 5.69 Å². The third-order valence-electron chi connectivity index (χ3n) is 9.20. The van der Waals surface area contributed by atoms with E-state index in [1.165, 1.54) is 18.2 Å². The number of rotatable bonds is 13. The summed E-state index contributed by atoms with van der Waals surface area (Å²) in [7, 11) is 1.74. The van der Waals surface area contributed by atoms with Gasteiger partial charge in [0, 0.05) is 60.5 Å². The van der Waals surface area contributed by atoms with E-state index in [1.807, 2.05) is 0 Å². The lowest BCUT2D eigenvalue weighted by Gasteiger charge is -2.27. The third-order valence-corrected chi connectivity index (χ3v) is 9.20. The lowest BCUT2D eigenvalue weighted by atomic mass is 10.0. The highest BCUT2D eigenvalue weighted by atomic mass is 19.4. The Balaban J connectivity index is 0.856. The van der Waals surface area contributed by atoms with E-state index >= 15 is 0 Å². The highest BCUT2D eigenvalue weighted by molar-refractivity contribution is 6.25. The molecule has 3 N–H and O–H groups in total. The summed E-state index contributed by atoms with van der Waals surface area (Å²) < 4.78 is 54.0. The molecule has 54 heavy (non-hydrogen) atoms. The maximum Gasteiger partial charge on any atom is 0.416 e. The number of imide groups is 2. The van der Waals surface area contributed by atoms with E-state index in [-0.39, 0.29) is 62.8 Å². The second-order valence-electron chi connectivity index (χ2n) is 12.7. The average Bonchev–Trinajstić information content (AvgIpc) is 3.75. The number of aryl methyl sites for hydroxylation is 1. The quantitative estimate of drug-likeness (QED) is 0.120. The number of carbonyl (C=O) groups excluding carboxylic acids is 5. The molecule has 2 aliphatic rings. The second kappa shape index (κ2) is 14.7. The van der Waals surface area contributed by atoms with Crippen molar-refractivity contribution in [2.75, 3.05) is 44.8 Å². The Morgan fingerprint density at radius 3 is 2.39 bits per heavy atom. The van der Waals surface area contributed by atoms with Gasteiger partial charge in [-0.1, -0.05) is 6.07 Å². The minimum absolute atomic E-state index is 0.0359. The van der Waals surface area contributed by atoms with E-state index < -0.39 is 41.4 Å². The summed E-state index contributed by atoms with van der Waals surface area (Å²) in [6.07, 6.45) is -2.55. The number of hydrogen-bond acceptors (Lipinski definition) is 9. The molecule has 17 heteroatoms. The molecule has 1 atom stereocenters. The monoisotopic (exact) mass is 745 g/mol. The number of halogens is 3. The average molecular weight is 746 g/mol. The van der Waals surface area contributed by atoms with Gasteiger partial charge in [0.15, 0.2) is 5.65 Å². The van der Waals surface area contributed by atoms with Gasteiger partial charge < -0.3 is 20.1 Å². The molecule has 3 aromatic carbocycles. The van der Waals surface area contributed by atoms with Crippen LogP contribution in [-0.2, 0) is 32.3 Å². The number of alkyl halides is 3. The first-order valence-corrected chi connectivity index (χ1v) is 17.1. The van der Waals surface area contributed by atoms with Crippen LogP contribution in [-0.4, -0.2) is 94.3 Å². The van der Waals surface area contributed by atoms with E-state index in [0.29, 0.717) is 34.6 Å². The van der Waals surface area contributed by atoms with Crippen molar-refractivity contribution in [3.63, 3.8) is 0 Å². The first-order valence-electron chi connectivity index (χ1n) is 17.1. The van der Waals surface area contributed by atoms with Gasteiger partial charge in [0.1, 0.15) is 6.04 Å². The standard InChI is InChI=1S/C37H34F3N7O7/c1-45-20-26-25-19-21(5-10-28(25)46(32(26)44-45)23-8-6-22(7-9-23)37(38,39)40)33(49)42-14-16-54-18-17-53-15-13-41-27-4-2-3-24-31(27)36(52)47(35(24)51)29-11-12-30(48)43-34(29)50/h2-10,19-20,29,41H,11-18H2,1H3,(H,42,49)(H,43,48,50). The highest BCUT2D eigenvalue weighted by Gasteiger charge is 2.45. The molecule has 0 saturated carbocycles. The van der Waals surface area contributed by atoms with Crippen LogP contribution in [0, 0.1) is 0 Å². The zero-order valence-electron chi connectivity index (χ0n) is 28.9. The van der Waals surface area contributed by atoms with E-state index in [1.54, 1.807) is 52.8 Å². The van der Waals surface area contributed by atoms with Gasteiger partial charge in [-0.15, -0.1) is 0 Å². The fraction of sp³-hybridized carbons (Fsp3) is 0.297. The van der Waals surface area contributed by atoms with Crippen LogP contribution in [0.4, 0.5) is 18.9 Å². The minimum Gasteiger partial charge on any atom is -0.382 e. The normalized spacial score (nSPS) is 16.0. The van der Waals surface area contributed by atoms with Crippen molar-refractivity contribution in [1.82, 2.24) is 29.9 Å². The number of carbonyl (C=O) groups is 5. The summed E-state index contributed by atoms with van der Waals surface area (Å²) in [6, 6.07) is 13.7. The van der Waals surface area contributed by atoms with Crippen LogP contribution in [0.15, 0.2) is 66.9 Å². The molecule has 1 fully saturated rings. The van der Waals surface area contributed by atoms with Crippen molar-refractivity contribution >= 4 is 57.2 Å². The molecular formula is C37H34F3N7O7. The number of amides is 5. The molecule has 0 bridgehead atoms. The molecule has 2 aromatic heterocycles. The number of piperidine rings is 1. The predicted octanol–water partition coefficient (Wildman–Crippen LogP) is 3.81. The van der Waals surface area contributed by atoms with Crippen molar-refractivity contribution in [2.24, 2.45) is 7.05 Å². The van der Waals surface area contributed by atoms with Crippen LogP contribution in [0.3, 0.4) is 0 Å². The topological polar surface area (TPSA) is 166 Å². The van der Waals surface area contributed by atoms with Crippen molar-refractivity contribution < 1.29 is 46.6 Å². The van der Waals surface area contributed by atoms with E-state index in [9.17, 15) is 37.1 Å². The maximum atomic E-state index is 13.2. The van der Waals surface area contributed by atoms with Gasteiger partial charge >= 0.3 is 6.18 Å². The summed E-state index contributed by atoms with van der Waals surface area (Å²) in [5.41, 5.74) is 2.16. The van der Waals surface area contributed by atoms with Crippen LogP contribution >= 0.6 is 0 Å². The Morgan fingerprint density at radius 1 is 0.926 bits per heavy atom. The van der Waals surface area contributed by atoms with Gasteiger partial charge in [-0.2, -0.15) is 18.3 Å². The predicted molar refractivity (Wildman–Crippen MR) is 188 cm³/mol. The summed E-state index contributed by atoms with van der Waals surface area (Å²) in [6.45, 7) is 1.55. The minimum atomic E-state index is -4.45. The first-order chi connectivity index (χ1) is 25.9. The Bertz CT molecular complexity index is 2300. The smallest absolute Gasteiger partial charge is 0.382 e. The molecule has 0 radical (unpaired) electrons. The number of hydrogen-bond donors (Lipinski definition) is 3. The van der Waals surface area contributed by atoms with Crippen molar-refractivity contribution in [1.29, 1.82) is 0 Å². The number of nitrogens with zero attached hydrogens (tertiary/aromatic N) is 4. The highest BCUT2D eigenvalue weighted by Crippen LogP contribution is 2.35. The molecule has 2 aliphatic heterocycles. The molecule has 1 saturated heterocycles. The summed E-state index contributed by atoms with van der Waals surface area (Å²) in [5.74, 6) is -2.62. The van der Waals surface area contributed by atoms with Crippen LogP contribution in [0.5, 0.6) is 0 Å². The zero-order valence-corrected chi connectivity index (χ0v) is 28.9. The number of ether oxygens (including phenoxy) is 2. The molecule has 1 unspecified atom stereocenters. The van der Waals surface area contributed by atoms with Crippen LogP contribution in [0.25, 0.3) is 27.6 Å². The number of benzene rings is 3. The molecule has 0 aliphatic carbocycles. The number of anilines is 1. The van der Waals surface area contributed by atoms with Crippen molar-refractivity contribution in [2.45, 2.75) is 25.1 Å². The van der Waals surface area contributed by atoms with Gasteiger partial charge in [0.25, 0.3) is 17.7 Å². The molecule has 4 heterocycles. The Labute approximate surface area is 305 Å². The lowest BCUT2D eigenvalue weighted by Crippen LogP contribution is -2.54. The molecular weight excluding hydrogens is 711 g/mol. The molecule has 7 rings (SSSR count). The Morgan fingerprint density at radius 2 is 1.67 bits per heavy atom. The summed E-state index contributed by atoms with van der Waals surface area (Å²) in [4.78, 5) is 64.0. The SMILES string of the molecule is Cn1cc2c3cc(C(=O)NCCOCCOCCNc4cccc5c4C(=O)N(C4CCC(=O)NC4=O)C5=O)ccc3n(-c3ccc(C(F)(F)F)cc3)c2n1. The van der Waals surface area contributed by atoms with Crippen molar-refractivity contribution in [3.05, 3.63) is 89.1 Å². The van der Waals surface area contributed by atoms with Crippen LogP contribution < -0.4 is 16.0 Å². The van der Waals surface area contributed by atoms with Gasteiger partial charge in [-0.05, 0) is 61.0 Å². The van der Waals surface area contributed by atoms with Crippen LogP contribution in [0.2, 0.25) is 0 Å². The Kier molecular flexibility index (Phi) is 9.91. The van der Waals surface area contributed by atoms with Gasteiger partial charge in [0.05, 0.1) is 48.6 Å². The summed E-state index contributed by atoms with van der Waals surface area (Å²) in [5, 5.41) is 14.1. The fourth-order valence-corrected chi connectivity index (χ4v) is 6.68. The second-order valence-corrected chi connectivity index (χ2v) is 12.7. The van der Waals surface area contributed by atoms with Gasteiger partial charge in [-0.25, -0.2) is 0 Å². The van der Waals surface area contributed by atoms with Gasteiger partial charge in [-0.3, -0.25) is 43.4 Å². The van der Waals surface area contributed by atoms with E-state index in [4.69, 9.17) is 9.47 Å². The third kappa shape index (κ3) is 7.02. The van der Waals surface area contributed by atoms with E-state index in [2.05, 4.69) is 21.0 Å². The molecule has 280 valence electrons. The van der Waals surface area contributed by atoms with Gasteiger partial charge in [0.2, 0.25) is 11.8 Å². The molecule has 14 nitrogen and oxygen atoms in total. The lowest BCUT2D eigenvalue weighted by molar-refractivity contribution is -0.138. The number of nitrogens with one attached hydrogen (secondary N) is 3. The first kappa shape index (κ1) is 36.3. The molecule has 5 amide bonds. The number of fused-ring (bicyclic) bond motifs is 4. The molecule has 0 spiro atoms. The molecule has 5 aromatic rings. The fourth-order valence-electron chi connectivity index (χ4n) is 6.68. The van der Waals surface area contributed by atoms with E-state index in [0.717, 1.165) is 27.8 Å². The Hall–Kier alpha value is -6.07. The number of aromatic nitrogens is 3. The zero-order chi connectivity index (χ0) is 38.1. The van der Waals surface area contributed by atoms with Crippen LogP contribution in [0.1, 0.15) is 49.5 Å². The maximum absolute atomic E-state index is 13.2. The largest absolute Gasteiger partial charge is 0.416 e.